The molecule has 0 saturated heterocycles. The molecule has 0 amide bonds. The van der Waals surface area contributed by atoms with Gasteiger partial charge in [0.25, 0.3) is 5.92 Å². The van der Waals surface area contributed by atoms with Crippen molar-refractivity contribution in [2.24, 2.45) is 0 Å². The van der Waals surface area contributed by atoms with Crippen LogP contribution in [0.2, 0.25) is 0 Å². The van der Waals surface area contributed by atoms with Gasteiger partial charge < -0.3 is 9.84 Å². The number of alkyl halides is 3. The van der Waals surface area contributed by atoms with E-state index in [1.165, 1.54) is 0 Å². The van der Waals surface area contributed by atoms with Crippen LogP contribution >= 0.6 is 0 Å². The molecule has 0 saturated carbocycles. The van der Waals surface area contributed by atoms with E-state index in [1.54, 1.807) is 0 Å². The van der Waals surface area contributed by atoms with Crippen LogP contribution < -0.4 is 0 Å². The molecular weight excluding hydrogens is 165 g/mol. The largest absolute Gasteiger partial charge is 0.505 e. The lowest BCUT2D eigenvalue weighted by Gasteiger charge is -2.12. The molecule has 66 valence electrons. The third-order valence-corrected chi connectivity index (χ3v) is 0.867. The molecule has 0 rings (SSSR count). The molecule has 6 heteroatoms. The summed E-state index contributed by atoms with van der Waals surface area (Å²) < 4.78 is 39.2. The zero-order valence-electron chi connectivity index (χ0n) is 5.52. The van der Waals surface area contributed by atoms with E-state index >= 15 is 0 Å². The topological polar surface area (TPSA) is 46.5 Å². The minimum absolute atomic E-state index is 1.01. The van der Waals surface area contributed by atoms with Crippen LogP contribution in [-0.2, 0) is 4.74 Å². The summed E-state index contributed by atoms with van der Waals surface area (Å²) in [7, 11) is 0. The van der Waals surface area contributed by atoms with Crippen LogP contribution in [0.1, 0.15) is 6.42 Å². The molecule has 0 aliphatic carbocycles. The Balaban J connectivity index is 3.63. The lowest BCUT2D eigenvalue weighted by molar-refractivity contribution is -0.0721. The van der Waals surface area contributed by atoms with Crippen molar-refractivity contribution in [3.8, 4) is 0 Å². The van der Waals surface area contributed by atoms with E-state index in [0.717, 1.165) is 0 Å². The molecular formula is C5H7F3O3. The predicted octanol–water partition coefficient (Wildman–Crippen LogP) is 1.68. The van der Waals surface area contributed by atoms with E-state index < -0.39 is 31.8 Å². The molecule has 0 atom stereocenters. The third-order valence-electron chi connectivity index (χ3n) is 0.867. The Labute approximate surface area is 60.8 Å². The molecule has 0 aromatic heterocycles. The number of hydrogen-bond acceptors (Lipinski definition) is 2. The second-order valence-electron chi connectivity index (χ2n) is 1.85. The Morgan fingerprint density at radius 2 is 2.09 bits per heavy atom. The number of carboxylic acid groups (broad SMARTS) is 1. The minimum Gasteiger partial charge on any atom is -0.450 e. The minimum atomic E-state index is -3.40. The molecule has 0 fully saturated rings. The summed E-state index contributed by atoms with van der Waals surface area (Å²) in [6, 6.07) is 0. The SMILES string of the molecule is O=C(O)OCC(F)(F)CCF. The van der Waals surface area contributed by atoms with E-state index in [1.807, 2.05) is 0 Å². The van der Waals surface area contributed by atoms with Gasteiger partial charge in [0.1, 0.15) is 0 Å². The van der Waals surface area contributed by atoms with E-state index in [0.29, 0.717) is 0 Å². The first kappa shape index (κ1) is 10.1. The average molecular weight is 172 g/mol. The number of carbonyl (C=O) groups is 1. The van der Waals surface area contributed by atoms with Crippen molar-refractivity contribution in [2.75, 3.05) is 13.3 Å². The maximum atomic E-state index is 12.2. The Kier molecular flexibility index (Phi) is 3.70. The zero-order chi connectivity index (χ0) is 8.91. The number of hydrogen-bond donors (Lipinski definition) is 1. The first-order chi connectivity index (χ1) is 4.98. The van der Waals surface area contributed by atoms with Crippen molar-refractivity contribution < 1.29 is 27.8 Å². The predicted molar refractivity (Wildman–Crippen MR) is 29.5 cm³/mol. The van der Waals surface area contributed by atoms with Gasteiger partial charge in [-0.05, 0) is 0 Å². The molecule has 11 heavy (non-hydrogen) atoms. The Hall–Kier alpha value is -0.940. The second-order valence-corrected chi connectivity index (χ2v) is 1.85. The Morgan fingerprint density at radius 3 is 2.45 bits per heavy atom. The van der Waals surface area contributed by atoms with Gasteiger partial charge in [0.15, 0.2) is 6.61 Å². The van der Waals surface area contributed by atoms with Gasteiger partial charge >= 0.3 is 6.16 Å². The fourth-order valence-electron chi connectivity index (χ4n) is 0.378. The fraction of sp³-hybridized carbons (Fsp3) is 0.800. The van der Waals surface area contributed by atoms with Crippen LogP contribution in [-0.4, -0.2) is 30.5 Å². The molecule has 0 aromatic carbocycles. The van der Waals surface area contributed by atoms with Crippen molar-refractivity contribution in [2.45, 2.75) is 12.3 Å². The standard InChI is InChI=1S/C5H7F3O3/c6-2-1-5(7,8)3-11-4(9)10/h1-3H2,(H,9,10). The van der Waals surface area contributed by atoms with Gasteiger partial charge in [0, 0.05) is 6.42 Å². The van der Waals surface area contributed by atoms with Crippen LogP contribution in [0.25, 0.3) is 0 Å². The van der Waals surface area contributed by atoms with Gasteiger partial charge in [0.05, 0.1) is 6.67 Å². The molecule has 0 bridgehead atoms. The lowest BCUT2D eigenvalue weighted by Crippen LogP contribution is -2.25. The summed E-state index contributed by atoms with van der Waals surface area (Å²) in [5.41, 5.74) is 0. The maximum absolute atomic E-state index is 12.2. The highest BCUT2D eigenvalue weighted by Gasteiger charge is 2.30. The van der Waals surface area contributed by atoms with Crippen molar-refractivity contribution >= 4 is 6.16 Å². The summed E-state index contributed by atoms with van der Waals surface area (Å²) in [5, 5.41) is 7.80. The monoisotopic (exact) mass is 172 g/mol. The van der Waals surface area contributed by atoms with Gasteiger partial charge in [-0.25, -0.2) is 13.6 Å². The summed E-state index contributed by atoms with van der Waals surface area (Å²) in [6.45, 7) is -2.48. The zero-order valence-corrected chi connectivity index (χ0v) is 5.52. The molecule has 0 spiro atoms. The highest BCUT2D eigenvalue weighted by Crippen LogP contribution is 2.18. The molecule has 0 aromatic rings. The molecule has 0 aliphatic rings. The van der Waals surface area contributed by atoms with Gasteiger partial charge in [-0.2, -0.15) is 0 Å². The number of rotatable bonds is 4. The number of halogens is 3. The molecule has 0 heterocycles. The first-order valence-corrected chi connectivity index (χ1v) is 2.77. The lowest BCUT2D eigenvalue weighted by atomic mass is 10.3. The number of ether oxygens (including phenoxy) is 1. The van der Waals surface area contributed by atoms with Gasteiger partial charge in [-0.1, -0.05) is 0 Å². The van der Waals surface area contributed by atoms with Crippen molar-refractivity contribution in [3.05, 3.63) is 0 Å². The van der Waals surface area contributed by atoms with E-state index in [4.69, 9.17) is 5.11 Å². The summed E-state index contributed by atoms with van der Waals surface area (Å²) in [5.74, 6) is -3.40. The quantitative estimate of drug-likeness (QED) is 0.656. The highest BCUT2D eigenvalue weighted by molar-refractivity contribution is 5.56. The van der Waals surface area contributed by atoms with E-state index in [2.05, 4.69) is 4.74 Å². The van der Waals surface area contributed by atoms with E-state index in [-0.39, 0.29) is 0 Å². The molecule has 1 N–H and O–H groups in total. The van der Waals surface area contributed by atoms with Crippen LogP contribution in [0.3, 0.4) is 0 Å². The van der Waals surface area contributed by atoms with Gasteiger partial charge in [0.2, 0.25) is 0 Å². The highest BCUT2D eigenvalue weighted by atomic mass is 19.3. The molecule has 0 aliphatic heterocycles. The van der Waals surface area contributed by atoms with E-state index in [9.17, 15) is 18.0 Å². The van der Waals surface area contributed by atoms with Crippen LogP contribution in [0.4, 0.5) is 18.0 Å². The Bertz CT molecular complexity index is 137. The first-order valence-electron chi connectivity index (χ1n) is 2.77. The normalized spacial score (nSPS) is 11.2. The Morgan fingerprint density at radius 1 is 1.55 bits per heavy atom. The fourth-order valence-corrected chi connectivity index (χ4v) is 0.378. The summed E-state index contributed by atoms with van der Waals surface area (Å²) >= 11 is 0. The van der Waals surface area contributed by atoms with Crippen molar-refractivity contribution in [3.63, 3.8) is 0 Å². The van der Waals surface area contributed by atoms with Gasteiger partial charge in [-0.15, -0.1) is 0 Å². The van der Waals surface area contributed by atoms with Crippen molar-refractivity contribution in [1.82, 2.24) is 0 Å². The summed E-state index contributed by atoms with van der Waals surface area (Å²) in [6.07, 6.45) is -2.80. The van der Waals surface area contributed by atoms with Crippen LogP contribution in [0.5, 0.6) is 0 Å². The molecule has 0 radical (unpaired) electrons. The van der Waals surface area contributed by atoms with Crippen LogP contribution in [0, 0.1) is 0 Å². The third kappa shape index (κ3) is 5.50. The summed E-state index contributed by atoms with van der Waals surface area (Å²) in [4.78, 5) is 9.60. The average Bonchev–Trinajstić information content (AvgIpc) is 1.84. The second kappa shape index (κ2) is 4.05. The smallest absolute Gasteiger partial charge is 0.450 e. The molecule has 0 unspecified atom stereocenters. The maximum Gasteiger partial charge on any atom is 0.505 e. The van der Waals surface area contributed by atoms with Crippen LogP contribution in [0.15, 0.2) is 0 Å². The van der Waals surface area contributed by atoms with Crippen molar-refractivity contribution in [1.29, 1.82) is 0 Å². The molecule has 3 nitrogen and oxygen atoms in total. The van der Waals surface area contributed by atoms with Gasteiger partial charge in [-0.3, -0.25) is 4.39 Å².